The molecular formula is C22H23N7O2. The van der Waals surface area contributed by atoms with E-state index in [1.54, 1.807) is 18.3 Å². The van der Waals surface area contributed by atoms with Crippen LogP contribution in [0.25, 0.3) is 0 Å². The van der Waals surface area contributed by atoms with Crippen LogP contribution in [0.5, 0.6) is 0 Å². The van der Waals surface area contributed by atoms with Crippen molar-refractivity contribution >= 4 is 35.7 Å². The van der Waals surface area contributed by atoms with Crippen molar-refractivity contribution in [3.8, 4) is 0 Å². The summed E-state index contributed by atoms with van der Waals surface area (Å²) in [7, 11) is 0. The minimum Gasteiger partial charge on any atom is -0.478 e. The number of anilines is 4. The molecule has 0 radical (unpaired) electrons. The average molecular weight is 417 g/mol. The molecular weight excluding hydrogens is 394 g/mol. The molecule has 2 heterocycles. The molecule has 0 aliphatic carbocycles. The number of carbonyl (C=O) groups is 1. The Bertz CT molecular complexity index is 1050. The van der Waals surface area contributed by atoms with E-state index < -0.39 is 5.97 Å². The monoisotopic (exact) mass is 417 g/mol. The molecule has 1 saturated heterocycles. The number of rotatable bonds is 7. The van der Waals surface area contributed by atoms with E-state index in [-0.39, 0.29) is 5.56 Å². The molecule has 0 unspecified atom stereocenters. The van der Waals surface area contributed by atoms with Crippen LogP contribution in [-0.4, -0.2) is 45.3 Å². The van der Waals surface area contributed by atoms with Crippen molar-refractivity contribution < 1.29 is 9.90 Å². The highest BCUT2D eigenvalue weighted by Crippen LogP contribution is 2.20. The molecule has 9 heteroatoms. The lowest BCUT2D eigenvalue weighted by Gasteiger charge is -2.26. The SMILES string of the molecule is O=C(O)c1ccc(/C=N/Nc2nc(Nc3ccccc3)nc(N3CCCCC3)n2)cc1. The predicted molar refractivity (Wildman–Crippen MR) is 120 cm³/mol. The first-order valence-electron chi connectivity index (χ1n) is 10.1. The standard InChI is InChI=1S/C22H23N7O2/c30-19(31)17-11-9-16(10-12-17)15-23-28-21-25-20(24-18-7-3-1-4-8-18)26-22(27-21)29-13-5-2-6-14-29/h1,3-4,7-12,15H,2,5-6,13-14H2,(H,30,31)(H2,24,25,26,27,28)/b23-15+. The highest BCUT2D eigenvalue weighted by molar-refractivity contribution is 5.89. The first-order chi connectivity index (χ1) is 15.2. The summed E-state index contributed by atoms with van der Waals surface area (Å²) in [6.45, 7) is 1.82. The summed E-state index contributed by atoms with van der Waals surface area (Å²) in [4.78, 5) is 26.7. The van der Waals surface area contributed by atoms with Crippen LogP contribution in [-0.2, 0) is 0 Å². The van der Waals surface area contributed by atoms with Gasteiger partial charge < -0.3 is 15.3 Å². The van der Waals surface area contributed by atoms with Gasteiger partial charge in [-0.25, -0.2) is 10.2 Å². The number of benzene rings is 2. The molecule has 0 bridgehead atoms. The van der Waals surface area contributed by atoms with E-state index in [1.807, 2.05) is 30.3 Å². The maximum absolute atomic E-state index is 11.0. The van der Waals surface area contributed by atoms with Gasteiger partial charge in [0.25, 0.3) is 0 Å². The zero-order valence-electron chi connectivity index (χ0n) is 16.9. The van der Waals surface area contributed by atoms with Gasteiger partial charge in [0.2, 0.25) is 17.8 Å². The molecule has 3 aromatic rings. The summed E-state index contributed by atoms with van der Waals surface area (Å²) in [5.41, 5.74) is 4.72. The quantitative estimate of drug-likeness (QED) is 0.393. The second kappa shape index (κ2) is 9.66. The molecule has 0 spiro atoms. The Balaban J connectivity index is 1.53. The molecule has 4 rings (SSSR count). The second-order valence-corrected chi connectivity index (χ2v) is 7.12. The van der Waals surface area contributed by atoms with Gasteiger partial charge in [0.15, 0.2) is 0 Å². The number of carboxylic acid groups (broad SMARTS) is 1. The van der Waals surface area contributed by atoms with Crippen molar-refractivity contribution in [3.05, 3.63) is 65.7 Å². The highest BCUT2D eigenvalue weighted by atomic mass is 16.4. The second-order valence-electron chi connectivity index (χ2n) is 7.12. The fourth-order valence-electron chi connectivity index (χ4n) is 3.23. The van der Waals surface area contributed by atoms with Gasteiger partial charge >= 0.3 is 5.97 Å². The van der Waals surface area contributed by atoms with Crippen LogP contribution >= 0.6 is 0 Å². The van der Waals surface area contributed by atoms with Crippen molar-refractivity contribution in [2.75, 3.05) is 28.7 Å². The van der Waals surface area contributed by atoms with Crippen molar-refractivity contribution in [2.24, 2.45) is 5.10 Å². The molecule has 0 amide bonds. The minimum absolute atomic E-state index is 0.227. The molecule has 0 saturated carbocycles. The van der Waals surface area contributed by atoms with E-state index in [9.17, 15) is 4.79 Å². The van der Waals surface area contributed by atoms with Gasteiger partial charge in [0.1, 0.15) is 0 Å². The minimum atomic E-state index is -0.963. The van der Waals surface area contributed by atoms with E-state index in [2.05, 4.69) is 35.7 Å². The number of aromatic nitrogens is 3. The van der Waals surface area contributed by atoms with Crippen LogP contribution in [0.3, 0.4) is 0 Å². The number of hydrogen-bond donors (Lipinski definition) is 3. The van der Waals surface area contributed by atoms with Gasteiger partial charge in [0.05, 0.1) is 11.8 Å². The van der Waals surface area contributed by atoms with Crippen LogP contribution < -0.4 is 15.6 Å². The van der Waals surface area contributed by atoms with E-state index in [0.717, 1.165) is 37.2 Å². The van der Waals surface area contributed by atoms with Crippen LogP contribution in [0.1, 0.15) is 35.2 Å². The van der Waals surface area contributed by atoms with Gasteiger partial charge in [-0.3, -0.25) is 0 Å². The summed E-state index contributed by atoms with van der Waals surface area (Å²) < 4.78 is 0. The molecule has 9 nitrogen and oxygen atoms in total. The van der Waals surface area contributed by atoms with Crippen molar-refractivity contribution in [1.29, 1.82) is 0 Å². The Morgan fingerprint density at radius 3 is 2.35 bits per heavy atom. The summed E-state index contributed by atoms with van der Waals surface area (Å²) in [5, 5.41) is 16.4. The van der Waals surface area contributed by atoms with Gasteiger partial charge in [-0.05, 0) is 49.1 Å². The van der Waals surface area contributed by atoms with Crippen molar-refractivity contribution in [2.45, 2.75) is 19.3 Å². The zero-order valence-corrected chi connectivity index (χ0v) is 16.9. The van der Waals surface area contributed by atoms with E-state index in [0.29, 0.717) is 17.8 Å². The Labute approximate surface area is 179 Å². The Morgan fingerprint density at radius 2 is 1.65 bits per heavy atom. The number of nitrogens with one attached hydrogen (secondary N) is 2. The van der Waals surface area contributed by atoms with Crippen LogP contribution in [0.2, 0.25) is 0 Å². The Morgan fingerprint density at radius 1 is 0.935 bits per heavy atom. The fourth-order valence-corrected chi connectivity index (χ4v) is 3.23. The molecule has 3 N–H and O–H groups in total. The largest absolute Gasteiger partial charge is 0.478 e. The molecule has 158 valence electrons. The van der Waals surface area contributed by atoms with Gasteiger partial charge in [-0.1, -0.05) is 30.3 Å². The number of carboxylic acids is 1. The normalized spacial score (nSPS) is 13.9. The number of piperidine rings is 1. The summed E-state index contributed by atoms with van der Waals surface area (Å²) in [6.07, 6.45) is 5.02. The third kappa shape index (κ3) is 5.53. The lowest BCUT2D eigenvalue weighted by atomic mass is 10.1. The van der Waals surface area contributed by atoms with Crippen LogP contribution in [0.15, 0.2) is 59.7 Å². The number of hydrogen-bond acceptors (Lipinski definition) is 8. The zero-order chi connectivity index (χ0) is 21.5. The molecule has 1 aromatic heterocycles. The number of nitrogens with zero attached hydrogens (tertiary/aromatic N) is 5. The highest BCUT2D eigenvalue weighted by Gasteiger charge is 2.16. The molecule has 31 heavy (non-hydrogen) atoms. The van der Waals surface area contributed by atoms with E-state index in [1.165, 1.54) is 18.6 Å². The topological polar surface area (TPSA) is 116 Å². The van der Waals surface area contributed by atoms with Crippen molar-refractivity contribution in [3.63, 3.8) is 0 Å². The molecule has 1 aliphatic rings. The lowest BCUT2D eigenvalue weighted by Crippen LogP contribution is -2.31. The van der Waals surface area contributed by atoms with Crippen LogP contribution in [0.4, 0.5) is 23.5 Å². The summed E-state index contributed by atoms with van der Waals surface area (Å²) >= 11 is 0. The maximum Gasteiger partial charge on any atom is 0.335 e. The molecule has 1 aliphatic heterocycles. The predicted octanol–water partition coefficient (Wildman–Crippen LogP) is 3.75. The maximum atomic E-state index is 11.0. The molecule has 0 atom stereocenters. The Kier molecular flexibility index (Phi) is 6.32. The fraction of sp³-hybridized carbons (Fsp3) is 0.227. The number of para-hydroxylation sites is 1. The summed E-state index contributed by atoms with van der Waals surface area (Å²) in [5.74, 6) is 0.407. The van der Waals surface area contributed by atoms with Crippen molar-refractivity contribution in [1.82, 2.24) is 15.0 Å². The first-order valence-corrected chi connectivity index (χ1v) is 10.1. The van der Waals surface area contributed by atoms with Crippen LogP contribution in [0, 0.1) is 0 Å². The smallest absolute Gasteiger partial charge is 0.335 e. The van der Waals surface area contributed by atoms with Gasteiger partial charge in [-0.15, -0.1) is 0 Å². The first kappa shape index (κ1) is 20.3. The lowest BCUT2D eigenvalue weighted by molar-refractivity contribution is 0.0697. The average Bonchev–Trinajstić information content (AvgIpc) is 2.80. The molecule has 2 aromatic carbocycles. The third-order valence-corrected chi connectivity index (χ3v) is 4.83. The van der Waals surface area contributed by atoms with Gasteiger partial charge in [-0.2, -0.15) is 20.1 Å². The van der Waals surface area contributed by atoms with E-state index in [4.69, 9.17) is 5.11 Å². The van der Waals surface area contributed by atoms with E-state index >= 15 is 0 Å². The van der Waals surface area contributed by atoms with Gasteiger partial charge in [0, 0.05) is 18.8 Å². The number of aromatic carboxylic acids is 1. The molecule has 1 fully saturated rings. The third-order valence-electron chi connectivity index (χ3n) is 4.83. The summed E-state index contributed by atoms with van der Waals surface area (Å²) in [6, 6.07) is 16.1. The number of hydrazone groups is 1. The Hall–Kier alpha value is -4.01.